The van der Waals surface area contributed by atoms with E-state index in [0.29, 0.717) is 6.42 Å². The van der Waals surface area contributed by atoms with Crippen molar-refractivity contribution in [2.45, 2.75) is 19.0 Å². The highest BCUT2D eigenvalue weighted by molar-refractivity contribution is 4.88. The van der Waals surface area contributed by atoms with Gasteiger partial charge in [0.05, 0.1) is 0 Å². The zero-order chi connectivity index (χ0) is 5.98. The van der Waals surface area contributed by atoms with E-state index in [1.54, 1.807) is 6.08 Å². The molecule has 0 saturated carbocycles. The molecule has 3 nitrogen and oxygen atoms in total. The van der Waals surface area contributed by atoms with Crippen molar-refractivity contribution >= 4 is 0 Å². The summed E-state index contributed by atoms with van der Waals surface area (Å²) in [5, 5.41) is 17.3. The van der Waals surface area contributed by atoms with E-state index in [4.69, 9.17) is 10.2 Å². The second kappa shape index (κ2) is 2.26. The lowest BCUT2D eigenvalue weighted by molar-refractivity contribution is -0.191. The summed E-state index contributed by atoms with van der Waals surface area (Å²) in [6, 6.07) is 0. The van der Waals surface area contributed by atoms with Gasteiger partial charge < -0.3 is 14.9 Å². The molecule has 2 atom stereocenters. The van der Waals surface area contributed by atoms with Crippen LogP contribution in [0.1, 0.15) is 6.42 Å². The van der Waals surface area contributed by atoms with Gasteiger partial charge in [-0.25, -0.2) is 0 Å². The van der Waals surface area contributed by atoms with Crippen molar-refractivity contribution in [1.82, 2.24) is 0 Å². The smallest absolute Gasteiger partial charge is 0.177 e. The van der Waals surface area contributed by atoms with Gasteiger partial charge in [0, 0.05) is 6.42 Å². The Hall–Kier alpha value is -0.380. The van der Waals surface area contributed by atoms with Gasteiger partial charge in [0.25, 0.3) is 0 Å². The van der Waals surface area contributed by atoms with E-state index < -0.39 is 12.6 Å². The summed E-state index contributed by atoms with van der Waals surface area (Å²) in [4.78, 5) is 0. The van der Waals surface area contributed by atoms with E-state index in [1.807, 2.05) is 0 Å². The van der Waals surface area contributed by atoms with Gasteiger partial charge in [-0.3, -0.25) is 0 Å². The van der Waals surface area contributed by atoms with Gasteiger partial charge in [-0.05, 0) is 6.08 Å². The van der Waals surface area contributed by atoms with Crippen molar-refractivity contribution < 1.29 is 14.9 Å². The predicted molar refractivity (Wildman–Crippen MR) is 26.9 cm³/mol. The molecule has 1 aliphatic heterocycles. The first kappa shape index (κ1) is 5.75. The maximum Gasteiger partial charge on any atom is 0.177 e. The Bertz CT molecular complexity index is 99.8. The molecule has 0 aliphatic carbocycles. The van der Waals surface area contributed by atoms with Gasteiger partial charge in [0.2, 0.25) is 0 Å². The fraction of sp³-hybridized carbons (Fsp3) is 0.600. The molecule has 0 amide bonds. The molecule has 3 heteroatoms. The molecule has 0 saturated heterocycles. The Labute approximate surface area is 47.2 Å². The van der Waals surface area contributed by atoms with Crippen LogP contribution in [0.15, 0.2) is 12.2 Å². The highest BCUT2D eigenvalue weighted by Gasteiger charge is 2.10. The molecular weight excluding hydrogens is 108 g/mol. The molecule has 0 aromatic carbocycles. The SMILES string of the molecule is OC1C=CCC(O)O1. The highest BCUT2D eigenvalue weighted by Crippen LogP contribution is 2.06. The van der Waals surface area contributed by atoms with Crippen LogP contribution in [0.3, 0.4) is 0 Å². The van der Waals surface area contributed by atoms with Crippen LogP contribution in [0.5, 0.6) is 0 Å². The molecule has 1 aliphatic rings. The van der Waals surface area contributed by atoms with Crippen LogP contribution in [0, 0.1) is 0 Å². The summed E-state index contributed by atoms with van der Waals surface area (Å²) in [6.07, 6.45) is 1.90. The fourth-order valence-corrected chi connectivity index (χ4v) is 0.573. The Morgan fingerprint density at radius 1 is 1.50 bits per heavy atom. The molecule has 46 valence electrons. The number of rotatable bonds is 0. The normalized spacial score (nSPS) is 37.8. The third kappa shape index (κ3) is 1.30. The summed E-state index contributed by atoms with van der Waals surface area (Å²) in [5.41, 5.74) is 0. The van der Waals surface area contributed by atoms with Gasteiger partial charge in [-0.1, -0.05) is 6.08 Å². The number of ether oxygens (including phenoxy) is 1. The molecule has 0 fully saturated rings. The summed E-state index contributed by atoms with van der Waals surface area (Å²) in [7, 11) is 0. The van der Waals surface area contributed by atoms with Crippen molar-refractivity contribution in [3.05, 3.63) is 12.2 Å². The largest absolute Gasteiger partial charge is 0.368 e. The van der Waals surface area contributed by atoms with Crippen LogP contribution in [-0.2, 0) is 4.74 Å². The van der Waals surface area contributed by atoms with E-state index >= 15 is 0 Å². The van der Waals surface area contributed by atoms with Crippen LogP contribution in [0.2, 0.25) is 0 Å². The van der Waals surface area contributed by atoms with Crippen molar-refractivity contribution in [2.24, 2.45) is 0 Å². The number of aliphatic hydroxyl groups is 2. The molecule has 0 bridgehead atoms. The zero-order valence-corrected chi connectivity index (χ0v) is 4.32. The van der Waals surface area contributed by atoms with Crippen molar-refractivity contribution in [3.63, 3.8) is 0 Å². The molecule has 0 aromatic rings. The summed E-state index contributed by atoms with van der Waals surface area (Å²) in [6.45, 7) is 0. The Morgan fingerprint density at radius 2 is 2.25 bits per heavy atom. The van der Waals surface area contributed by atoms with E-state index in [0.717, 1.165) is 0 Å². The van der Waals surface area contributed by atoms with Gasteiger partial charge in [0.15, 0.2) is 12.6 Å². The molecule has 2 N–H and O–H groups in total. The summed E-state index contributed by atoms with van der Waals surface area (Å²) >= 11 is 0. The van der Waals surface area contributed by atoms with Crippen LogP contribution in [-0.4, -0.2) is 22.8 Å². The first-order valence-corrected chi connectivity index (χ1v) is 2.47. The molecule has 0 spiro atoms. The first-order valence-electron chi connectivity index (χ1n) is 2.47. The zero-order valence-electron chi connectivity index (χ0n) is 4.32. The van der Waals surface area contributed by atoms with Gasteiger partial charge in [0.1, 0.15) is 0 Å². The minimum Gasteiger partial charge on any atom is -0.368 e. The van der Waals surface area contributed by atoms with E-state index in [-0.39, 0.29) is 0 Å². The molecule has 2 unspecified atom stereocenters. The van der Waals surface area contributed by atoms with Crippen molar-refractivity contribution in [3.8, 4) is 0 Å². The minimum atomic E-state index is -0.918. The van der Waals surface area contributed by atoms with Crippen LogP contribution in [0.25, 0.3) is 0 Å². The van der Waals surface area contributed by atoms with Gasteiger partial charge in [-0.2, -0.15) is 0 Å². The molecule has 1 heterocycles. The topological polar surface area (TPSA) is 49.7 Å². The van der Waals surface area contributed by atoms with E-state index in [2.05, 4.69) is 4.74 Å². The van der Waals surface area contributed by atoms with Crippen molar-refractivity contribution in [2.75, 3.05) is 0 Å². The maximum atomic E-state index is 8.65. The summed E-state index contributed by atoms with van der Waals surface area (Å²) in [5.74, 6) is 0. The molecule has 1 rings (SSSR count). The lowest BCUT2D eigenvalue weighted by Crippen LogP contribution is -2.22. The monoisotopic (exact) mass is 116 g/mol. The Kier molecular flexibility index (Phi) is 1.62. The average molecular weight is 116 g/mol. The molecular formula is C5H8O3. The highest BCUT2D eigenvalue weighted by atomic mass is 16.7. The number of hydrogen-bond acceptors (Lipinski definition) is 3. The maximum absolute atomic E-state index is 8.65. The van der Waals surface area contributed by atoms with Gasteiger partial charge in [-0.15, -0.1) is 0 Å². The van der Waals surface area contributed by atoms with E-state index in [1.165, 1.54) is 6.08 Å². The quantitative estimate of drug-likeness (QED) is 0.423. The Morgan fingerprint density at radius 3 is 2.62 bits per heavy atom. The lowest BCUT2D eigenvalue weighted by Gasteiger charge is -2.16. The summed E-state index contributed by atoms with van der Waals surface area (Å²) < 4.78 is 4.51. The third-order valence-electron chi connectivity index (χ3n) is 0.935. The van der Waals surface area contributed by atoms with Crippen LogP contribution >= 0.6 is 0 Å². The lowest BCUT2D eigenvalue weighted by atomic mass is 10.3. The fourth-order valence-electron chi connectivity index (χ4n) is 0.573. The molecule has 0 radical (unpaired) electrons. The van der Waals surface area contributed by atoms with E-state index in [9.17, 15) is 0 Å². The molecule has 8 heavy (non-hydrogen) atoms. The first-order chi connectivity index (χ1) is 3.79. The molecule has 0 aromatic heterocycles. The third-order valence-corrected chi connectivity index (χ3v) is 0.935. The predicted octanol–water partition coefficient (Wildman–Crippen LogP) is -0.400. The van der Waals surface area contributed by atoms with Crippen LogP contribution in [0.4, 0.5) is 0 Å². The van der Waals surface area contributed by atoms with Crippen molar-refractivity contribution in [1.29, 1.82) is 0 Å². The second-order valence-corrected chi connectivity index (χ2v) is 1.65. The van der Waals surface area contributed by atoms with Crippen LogP contribution < -0.4 is 0 Å². The number of aliphatic hydroxyl groups excluding tert-OH is 2. The number of hydrogen-bond donors (Lipinski definition) is 2. The standard InChI is InChI=1S/C5H8O3/c6-4-2-1-3-5(7)8-4/h1-2,4-7H,3H2. The second-order valence-electron chi connectivity index (χ2n) is 1.65. The average Bonchev–Trinajstić information content (AvgIpc) is 1.64. The minimum absolute atomic E-state index is 0.469. The Balaban J connectivity index is 2.42. The van der Waals surface area contributed by atoms with Gasteiger partial charge >= 0.3 is 0 Å².